The largest absolute Gasteiger partial charge is 0.372 e. The molecule has 3 N–H and O–H groups in total. The number of anilines is 1. The zero-order valence-electron chi connectivity index (χ0n) is 18.5. The molecule has 0 aliphatic carbocycles. The number of ether oxygens (including phenoxy) is 1. The van der Waals surface area contributed by atoms with Gasteiger partial charge < -0.3 is 25.6 Å². The van der Waals surface area contributed by atoms with Crippen molar-refractivity contribution < 1.29 is 9.53 Å². The predicted octanol–water partition coefficient (Wildman–Crippen LogP) is 1.75. The number of likely N-dealkylation sites (tertiary alicyclic amines) is 1. The van der Waals surface area contributed by atoms with Crippen molar-refractivity contribution in [2.75, 3.05) is 37.6 Å². The number of carbonyl (C=O) groups excluding carboxylic acids is 1. The summed E-state index contributed by atoms with van der Waals surface area (Å²) in [5.74, 6) is 1.96. The van der Waals surface area contributed by atoms with Crippen molar-refractivity contribution >= 4 is 17.7 Å². The number of rotatable bonds is 6. The number of pyridine rings is 1. The van der Waals surface area contributed by atoms with Gasteiger partial charge in [0.05, 0.1) is 18.8 Å². The van der Waals surface area contributed by atoms with Crippen LogP contribution in [0.5, 0.6) is 0 Å². The molecule has 3 rings (SSSR count). The van der Waals surface area contributed by atoms with Crippen molar-refractivity contribution in [3.05, 3.63) is 23.9 Å². The Kier molecular flexibility index (Phi) is 7.90. The van der Waals surface area contributed by atoms with Gasteiger partial charge in [-0.15, -0.1) is 0 Å². The Bertz CT molecular complexity index is 713. The zero-order valence-corrected chi connectivity index (χ0v) is 18.5. The molecule has 1 aromatic rings. The smallest absolute Gasteiger partial charge is 0.217 e. The number of amides is 1. The summed E-state index contributed by atoms with van der Waals surface area (Å²) in [6.07, 6.45) is 4.88. The van der Waals surface area contributed by atoms with Crippen molar-refractivity contribution in [3.63, 3.8) is 0 Å². The van der Waals surface area contributed by atoms with Crippen molar-refractivity contribution in [1.29, 1.82) is 0 Å². The fraction of sp³-hybridized carbons (Fsp3) is 0.682. The van der Waals surface area contributed by atoms with Gasteiger partial charge in [0.15, 0.2) is 5.96 Å². The van der Waals surface area contributed by atoms with Gasteiger partial charge in [0.2, 0.25) is 5.91 Å². The van der Waals surface area contributed by atoms with E-state index in [-0.39, 0.29) is 18.1 Å². The summed E-state index contributed by atoms with van der Waals surface area (Å²) < 4.78 is 5.81. The minimum absolute atomic E-state index is 0.213. The maximum atomic E-state index is 11.3. The molecule has 0 aromatic carbocycles. The minimum Gasteiger partial charge on any atom is -0.372 e. The molecule has 1 aromatic heterocycles. The van der Waals surface area contributed by atoms with Gasteiger partial charge in [-0.3, -0.25) is 4.79 Å². The number of primary amides is 1. The number of piperidine rings is 1. The van der Waals surface area contributed by atoms with Gasteiger partial charge in [0.1, 0.15) is 5.82 Å². The molecule has 166 valence electrons. The van der Waals surface area contributed by atoms with Gasteiger partial charge in [-0.05, 0) is 51.2 Å². The first-order valence-corrected chi connectivity index (χ1v) is 11.1. The lowest BCUT2D eigenvalue weighted by Gasteiger charge is -2.36. The number of aromatic nitrogens is 1. The number of morpholine rings is 1. The Morgan fingerprint density at radius 1 is 1.30 bits per heavy atom. The van der Waals surface area contributed by atoms with E-state index in [2.05, 4.69) is 53.0 Å². The van der Waals surface area contributed by atoms with Crippen molar-refractivity contribution in [1.82, 2.24) is 15.2 Å². The summed E-state index contributed by atoms with van der Waals surface area (Å²) in [5, 5.41) is 3.39. The molecule has 8 heteroatoms. The van der Waals surface area contributed by atoms with E-state index in [0.29, 0.717) is 18.9 Å². The molecule has 0 saturated carbocycles. The molecule has 3 atom stereocenters. The van der Waals surface area contributed by atoms with Crippen LogP contribution in [0.1, 0.15) is 45.6 Å². The molecule has 0 spiro atoms. The average Bonchev–Trinajstić information content (AvgIpc) is 2.70. The van der Waals surface area contributed by atoms with E-state index in [1.165, 1.54) is 0 Å². The third kappa shape index (κ3) is 6.32. The molecule has 2 fully saturated rings. The van der Waals surface area contributed by atoms with Gasteiger partial charge >= 0.3 is 0 Å². The number of nitrogens with one attached hydrogen (secondary N) is 1. The van der Waals surface area contributed by atoms with Crippen LogP contribution >= 0.6 is 0 Å². The normalized spacial score (nSPS) is 25.3. The first-order chi connectivity index (χ1) is 14.4. The highest BCUT2D eigenvalue weighted by Crippen LogP contribution is 2.20. The molecule has 2 aliphatic rings. The number of aliphatic imine (C=N–C) groups is 1. The second kappa shape index (κ2) is 10.6. The number of carbonyl (C=O) groups is 1. The number of nitrogens with two attached hydrogens (primary N) is 1. The Hall–Kier alpha value is -2.35. The first-order valence-electron chi connectivity index (χ1n) is 11.1. The summed E-state index contributed by atoms with van der Waals surface area (Å²) in [7, 11) is 0. The highest BCUT2D eigenvalue weighted by Gasteiger charge is 2.24. The summed E-state index contributed by atoms with van der Waals surface area (Å²) in [6, 6.07) is 4.18. The second-order valence-electron chi connectivity index (χ2n) is 8.48. The molecule has 30 heavy (non-hydrogen) atoms. The highest BCUT2D eigenvalue weighted by atomic mass is 16.5. The van der Waals surface area contributed by atoms with E-state index < -0.39 is 0 Å². The van der Waals surface area contributed by atoms with Crippen LogP contribution in [0.15, 0.2) is 23.3 Å². The molecule has 0 radical (unpaired) electrons. The molecule has 1 amide bonds. The van der Waals surface area contributed by atoms with Gasteiger partial charge in [-0.2, -0.15) is 0 Å². The molecule has 0 bridgehead atoms. The maximum Gasteiger partial charge on any atom is 0.217 e. The van der Waals surface area contributed by atoms with Crippen LogP contribution < -0.4 is 16.0 Å². The topological polar surface area (TPSA) is 96.1 Å². The van der Waals surface area contributed by atoms with Crippen LogP contribution in [0, 0.1) is 5.92 Å². The molecule has 3 unspecified atom stereocenters. The van der Waals surface area contributed by atoms with Gasteiger partial charge in [-0.1, -0.05) is 6.07 Å². The van der Waals surface area contributed by atoms with Crippen LogP contribution in [-0.2, 0) is 16.1 Å². The van der Waals surface area contributed by atoms with E-state index in [1.54, 1.807) is 0 Å². The number of guanidine groups is 1. The molecule has 2 aliphatic heterocycles. The van der Waals surface area contributed by atoms with Crippen LogP contribution in [-0.4, -0.2) is 66.7 Å². The Morgan fingerprint density at radius 3 is 2.70 bits per heavy atom. The van der Waals surface area contributed by atoms with Crippen LogP contribution in [0.3, 0.4) is 0 Å². The highest BCUT2D eigenvalue weighted by molar-refractivity contribution is 5.80. The van der Waals surface area contributed by atoms with E-state index in [1.807, 2.05) is 6.20 Å². The third-order valence-corrected chi connectivity index (χ3v) is 5.61. The SMILES string of the molecule is CCNC(=NCc1ccc(N2CC(C)OC(C)C2)nc1)N1CCCC(CC(N)=O)C1. The van der Waals surface area contributed by atoms with Crippen molar-refractivity contribution in [3.8, 4) is 0 Å². The lowest BCUT2D eigenvalue weighted by atomic mass is 9.95. The van der Waals surface area contributed by atoms with E-state index in [4.69, 9.17) is 15.5 Å². The third-order valence-electron chi connectivity index (χ3n) is 5.61. The van der Waals surface area contributed by atoms with Gasteiger partial charge in [-0.25, -0.2) is 9.98 Å². The minimum atomic E-state index is -0.223. The average molecular weight is 417 g/mol. The first kappa shape index (κ1) is 22.3. The Balaban J connectivity index is 1.62. The van der Waals surface area contributed by atoms with Gasteiger partial charge in [0.25, 0.3) is 0 Å². The summed E-state index contributed by atoms with van der Waals surface area (Å²) >= 11 is 0. The summed E-state index contributed by atoms with van der Waals surface area (Å²) in [4.78, 5) is 25.3. The van der Waals surface area contributed by atoms with Crippen LogP contribution in [0.4, 0.5) is 5.82 Å². The zero-order chi connectivity index (χ0) is 21.5. The predicted molar refractivity (Wildman–Crippen MR) is 119 cm³/mol. The second-order valence-corrected chi connectivity index (χ2v) is 8.48. The number of nitrogens with zero attached hydrogens (tertiary/aromatic N) is 4. The maximum absolute atomic E-state index is 11.3. The van der Waals surface area contributed by atoms with E-state index in [9.17, 15) is 4.79 Å². The lowest BCUT2D eigenvalue weighted by Crippen LogP contribution is -2.47. The molecule has 8 nitrogen and oxygen atoms in total. The monoisotopic (exact) mass is 416 g/mol. The number of hydrogen-bond donors (Lipinski definition) is 2. The number of hydrogen-bond acceptors (Lipinski definition) is 5. The van der Waals surface area contributed by atoms with Crippen molar-refractivity contribution in [2.45, 2.75) is 58.8 Å². The molecule has 3 heterocycles. The molecular formula is C22H36N6O2. The van der Waals surface area contributed by atoms with Gasteiger partial charge in [0, 0.05) is 45.3 Å². The van der Waals surface area contributed by atoms with E-state index >= 15 is 0 Å². The molecular weight excluding hydrogens is 380 g/mol. The van der Waals surface area contributed by atoms with Crippen LogP contribution in [0.25, 0.3) is 0 Å². The summed E-state index contributed by atoms with van der Waals surface area (Å²) in [5.41, 5.74) is 6.48. The lowest BCUT2D eigenvalue weighted by molar-refractivity contribution is -0.119. The quantitative estimate of drug-likeness (QED) is 0.542. The Morgan fingerprint density at radius 2 is 2.07 bits per heavy atom. The standard InChI is InChI=1S/C22H36N6O2/c1-4-24-22(27-9-5-6-18(15-27)10-20(23)29)26-12-19-7-8-21(25-11-19)28-13-16(2)30-17(3)14-28/h7-8,11,16-18H,4-6,9-10,12-15H2,1-3H3,(H2,23,29)(H,24,26). The summed E-state index contributed by atoms with van der Waals surface area (Å²) in [6.45, 7) is 11.1. The fourth-order valence-electron chi connectivity index (χ4n) is 4.36. The Labute approximate surface area is 179 Å². The molecule has 2 saturated heterocycles. The van der Waals surface area contributed by atoms with Crippen LogP contribution in [0.2, 0.25) is 0 Å². The van der Waals surface area contributed by atoms with E-state index in [0.717, 1.165) is 62.9 Å². The van der Waals surface area contributed by atoms with Crippen molar-refractivity contribution in [2.24, 2.45) is 16.6 Å². The fourth-order valence-corrected chi connectivity index (χ4v) is 4.36.